The Kier molecular flexibility index (Phi) is 6.26. The summed E-state index contributed by atoms with van der Waals surface area (Å²) in [5.74, 6) is 0.251. The van der Waals surface area contributed by atoms with Gasteiger partial charge in [0.05, 0.1) is 18.2 Å². The smallest absolute Gasteiger partial charge is 0.314 e. The molecule has 0 fully saturated rings. The topological polar surface area (TPSA) is 87.7 Å². The molecule has 0 saturated heterocycles. The fourth-order valence-corrected chi connectivity index (χ4v) is 3.06. The molecule has 1 heterocycles. The van der Waals surface area contributed by atoms with Gasteiger partial charge < -0.3 is 15.4 Å². The van der Waals surface area contributed by atoms with Crippen LogP contribution in [-0.2, 0) is 6.42 Å². The van der Waals surface area contributed by atoms with Crippen LogP contribution in [0.3, 0.4) is 0 Å². The lowest BCUT2D eigenvalue weighted by molar-refractivity contribution is 0.0653. The molecular weight excluding hydrogens is 358 g/mol. The lowest BCUT2D eigenvalue weighted by atomic mass is 10.1. The van der Waals surface area contributed by atoms with E-state index in [9.17, 15) is 14.4 Å². The molecule has 7 nitrogen and oxygen atoms in total. The van der Waals surface area contributed by atoms with Crippen molar-refractivity contribution < 1.29 is 19.1 Å². The molecule has 7 heteroatoms. The van der Waals surface area contributed by atoms with Gasteiger partial charge in [-0.2, -0.15) is 0 Å². The highest BCUT2D eigenvalue weighted by Gasteiger charge is 2.34. The first kappa shape index (κ1) is 19.4. The van der Waals surface area contributed by atoms with Gasteiger partial charge in [-0.25, -0.2) is 4.79 Å². The first-order valence-electron chi connectivity index (χ1n) is 9.20. The number of fused-ring (bicyclic) bond motifs is 1. The standard InChI is InChI=1S/C21H23N3O4/c1-28-16-9-7-15(8-10-16)11-13-23-21(27)22-12-4-14-24-19(25)17-5-2-3-6-18(17)20(24)26/h2-3,5-10H,4,11-14H2,1H3,(H2,22,23,27). The number of ether oxygens (including phenoxy) is 1. The van der Waals surface area contributed by atoms with Gasteiger partial charge in [-0.3, -0.25) is 14.5 Å². The van der Waals surface area contributed by atoms with E-state index < -0.39 is 0 Å². The average Bonchev–Trinajstić information content (AvgIpc) is 2.96. The molecule has 0 unspecified atom stereocenters. The summed E-state index contributed by atoms with van der Waals surface area (Å²) < 4.78 is 5.11. The van der Waals surface area contributed by atoms with Crippen LogP contribution in [0.1, 0.15) is 32.7 Å². The molecule has 0 bridgehead atoms. The molecule has 2 aromatic rings. The Morgan fingerprint density at radius 1 is 0.929 bits per heavy atom. The maximum Gasteiger partial charge on any atom is 0.314 e. The molecule has 0 atom stereocenters. The molecule has 3 rings (SSSR count). The van der Waals surface area contributed by atoms with Crippen molar-refractivity contribution in [1.82, 2.24) is 15.5 Å². The van der Waals surface area contributed by atoms with Gasteiger partial charge in [-0.1, -0.05) is 24.3 Å². The number of imide groups is 1. The number of carbonyl (C=O) groups is 3. The lowest BCUT2D eigenvalue weighted by Gasteiger charge is -2.14. The third kappa shape index (κ3) is 4.49. The van der Waals surface area contributed by atoms with Crippen LogP contribution in [0.2, 0.25) is 0 Å². The fourth-order valence-electron chi connectivity index (χ4n) is 3.06. The summed E-state index contributed by atoms with van der Waals surface area (Å²) in [7, 11) is 1.62. The van der Waals surface area contributed by atoms with E-state index in [1.54, 1.807) is 31.4 Å². The van der Waals surface area contributed by atoms with Gasteiger partial charge in [0.25, 0.3) is 11.8 Å². The number of rotatable bonds is 8. The van der Waals surface area contributed by atoms with Gasteiger partial charge >= 0.3 is 6.03 Å². The van der Waals surface area contributed by atoms with Crippen molar-refractivity contribution in [1.29, 1.82) is 0 Å². The van der Waals surface area contributed by atoms with E-state index >= 15 is 0 Å². The van der Waals surface area contributed by atoms with E-state index in [-0.39, 0.29) is 24.4 Å². The highest BCUT2D eigenvalue weighted by Crippen LogP contribution is 2.22. The second kappa shape index (κ2) is 9.03. The third-order valence-electron chi connectivity index (χ3n) is 4.58. The average molecular weight is 381 g/mol. The molecular formula is C21H23N3O4. The molecule has 28 heavy (non-hydrogen) atoms. The molecule has 0 saturated carbocycles. The first-order valence-corrected chi connectivity index (χ1v) is 9.20. The van der Waals surface area contributed by atoms with E-state index in [0.717, 1.165) is 11.3 Å². The van der Waals surface area contributed by atoms with Crippen molar-refractivity contribution in [3.05, 3.63) is 65.2 Å². The molecule has 1 aliphatic rings. The fraction of sp³-hybridized carbons (Fsp3) is 0.286. The number of nitrogens with zero attached hydrogens (tertiary/aromatic N) is 1. The van der Waals surface area contributed by atoms with E-state index in [0.29, 0.717) is 37.1 Å². The molecule has 2 N–H and O–H groups in total. The zero-order chi connectivity index (χ0) is 19.9. The zero-order valence-corrected chi connectivity index (χ0v) is 15.7. The van der Waals surface area contributed by atoms with Crippen LogP contribution in [0.5, 0.6) is 5.75 Å². The second-order valence-electron chi connectivity index (χ2n) is 6.44. The second-order valence-corrected chi connectivity index (χ2v) is 6.44. The molecule has 4 amide bonds. The Balaban J connectivity index is 1.33. The minimum atomic E-state index is -0.274. The maximum absolute atomic E-state index is 12.2. The highest BCUT2D eigenvalue weighted by molar-refractivity contribution is 6.21. The lowest BCUT2D eigenvalue weighted by Crippen LogP contribution is -2.38. The van der Waals surface area contributed by atoms with Crippen molar-refractivity contribution in [2.24, 2.45) is 0 Å². The quantitative estimate of drug-likeness (QED) is 0.542. The normalized spacial score (nSPS) is 12.7. The minimum Gasteiger partial charge on any atom is -0.497 e. The van der Waals surface area contributed by atoms with Gasteiger partial charge in [-0.15, -0.1) is 0 Å². The highest BCUT2D eigenvalue weighted by atomic mass is 16.5. The molecule has 1 aliphatic heterocycles. The summed E-state index contributed by atoms with van der Waals surface area (Å²) in [4.78, 5) is 37.6. The minimum absolute atomic E-state index is 0.268. The summed E-state index contributed by atoms with van der Waals surface area (Å²) in [5, 5.41) is 5.53. The number of carbonyl (C=O) groups excluding carboxylic acids is 3. The number of benzene rings is 2. The largest absolute Gasteiger partial charge is 0.497 e. The van der Waals surface area contributed by atoms with Crippen LogP contribution in [0, 0.1) is 0 Å². The molecule has 0 radical (unpaired) electrons. The van der Waals surface area contributed by atoms with Gasteiger partial charge in [0.2, 0.25) is 0 Å². The molecule has 0 aliphatic carbocycles. The monoisotopic (exact) mass is 381 g/mol. The van der Waals surface area contributed by atoms with Crippen LogP contribution in [-0.4, -0.2) is 49.5 Å². The van der Waals surface area contributed by atoms with E-state index in [1.807, 2.05) is 24.3 Å². The van der Waals surface area contributed by atoms with Gasteiger partial charge in [0, 0.05) is 19.6 Å². The Bertz CT molecular complexity index is 829. The Morgan fingerprint density at radius 3 is 2.14 bits per heavy atom. The third-order valence-corrected chi connectivity index (χ3v) is 4.58. The summed E-state index contributed by atoms with van der Waals surface area (Å²) in [6.07, 6.45) is 1.21. The summed E-state index contributed by atoms with van der Waals surface area (Å²) >= 11 is 0. The number of nitrogens with one attached hydrogen (secondary N) is 2. The van der Waals surface area contributed by atoms with Crippen molar-refractivity contribution in [3.63, 3.8) is 0 Å². The van der Waals surface area contributed by atoms with E-state index in [1.165, 1.54) is 4.90 Å². The van der Waals surface area contributed by atoms with Crippen molar-refractivity contribution in [2.45, 2.75) is 12.8 Å². The van der Waals surface area contributed by atoms with E-state index in [2.05, 4.69) is 10.6 Å². The Morgan fingerprint density at radius 2 is 1.54 bits per heavy atom. The van der Waals surface area contributed by atoms with Crippen LogP contribution in [0.4, 0.5) is 4.79 Å². The zero-order valence-electron chi connectivity index (χ0n) is 15.7. The van der Waals surface area contributed by atoms with Crippen LogP contribution >= 0.6 is 0 Å². The summed E-state index contributed by atoms with van der Waals surface area (Å²) in [6, 6.07) is 14.2. The summed E-state index contributed by atoms with van der Waals surface area (Å²) in [6.45, 7) is 1.16. The molecule has 146 valence electrons. The van der Waals surface area contributed by atoms with Gasteiger partial charge in [-0.05, 0) is 42.7 Å². The number of amides is 4. The Hall–Kier alpha value is -3.35. The molecule has 2 aromatic carbocycles. The SMILES string of the molecule is COc1ccc(CCNC(=O)NCCCN2C(=O)c3ccccc3C2=O)cc1. The Labute approximate surface area is 163 Å². The number of urea groups is 1. The predicted octanol–water partition coefficient (Wildman–Crippen LogP) is 2.22. The number of hydrogen-bond acceptors (Lipinski definition) is 4. The van der Waals surface area contributed by atoms with E-state index in [4.69, 9.17) is 4.74 Å². The predicted molar refractivity (Wildman–Crippen MR) is 105 cm³/mol. The van der Waals surface area contributed by atoms with Crippen molar-refractivity contribution in [2.75, 3.05) is 26.7 Å². The van der Waals surface area contributed by atoms with Crippen LogP contribution < -0.4 is 15.4 Å². The molecule has 0 aromatic heterocycles. The first-order chi connectivity index (χ1) is 13.6. The number of methoxy groups -OCH3 is 1. The number of hydrogen-bond donors (Lipinski definition) is 2. The van der Waals surface area contributed by atoms with Gasteiger partial charge in [0.1, 0.15) is 5.75 Å². The maximum atomic E-state index is 12.2. The molecule has 0 spiro atoms. The summed E-state index contributed by atoms with van der Waals surface area (Å²) in [5.41, 5.74) is 1.99. The van der Waals surface area contributed by atoms with Crippen molar-refractivity contribution >= 4 is 17.8 Å². The van der Waals surface area contributed by atoms with Crippen LogP contribution in [0.25, 0.3) is 0 Å². The van der Waals surface area contributed by atoms with Gasteiger partial charge in [0.15, 0.2) is 0 Å². The van der Waals surface area contributed by atoms with Crippen LogP contribution in [0.15, 0.2) is 48.5 Å². The van der Waals surface area contributed by atoms with Crippen molar-refractivity contribution in [3.8, 4) is 5.75 Å².